The summed E-state index contributed by atoms with van der Waals surface area (Å²) in [7, 11) is 0. The molecule has 5 aliphatic rings. The molecule has 7 atom stereocenters. The fourth-order valence-electron chi connectivity index (χ4n) is 10.3. The predicted molar refractivity (Wildman–Crippen MR) is 141 cm³/mol. The van der Waals surface area contributed by atoms with Gasteiger partial charge in [0.15, 0.2) is 11.6 Å². The lowest BCUT2D eigenvalue weighted by atomic mass is 9.34. The third-order valence-electron chi connectivity index (χ3n) is 12.5. The van der Waals surface area contributed by atoms with Crippen LogP contribution in [0.3, 0.4) is 0 Å². The van der Waals surface area contributed by atoms with E-state index in [-0.39, 0.29) is 63.0 Å². The van der Waals surface area contributed by atoms with E-state index in [2.05, 4.69) is 40.7 Å². The van der Waals surface area contributed by atoms with Gasteiger partial charge in [0.25, 0.3) is 0 Å². The molecule has 3 fully saturated rings. The van der Waals surface area contributed by atoms with Gasteiger partial charge in [0.2, 0.25) is 0 Å². The number of allylic oxidation sites excluding steroid dienone is 4. The van der Waals surface area contributed by atoms with Crippen LogP contribution >= 0.6 is 0 Å². The summed E-state index contributed by atoms with van der Waals surface area (Å²) in [5.74, 6) is -0.834. The molecule has 5 nitrogen and oxygen atoms in total. The van der Waals surface area contributed by atoms with Gasteiger partial charge in [-0.25, -0.2) is 0 Å². The van der Waals surface area contributed by atoms with Crippen molar-refractivity contribution < 1.29 is 19.5 Å². The van der Waals surface area contributed by atoms with Crippen LogP contribution in [-0.4, -0.2) is 22.6 Å². The molecule has 37 heavy (non-hydrogen) atoms. The van der Waals surface area contributed by atoms with Crippen LogP contribution in [0.4, 0.5) is 0 Å². The van der Waals surface area contributed by atoms with Gasteiger partial charge in [-0.05, 0) is 84.5 Å². The largest absolute Gasteiger partial charge is 0.481 e. The topological polar surface area (TPSA) is 95.2 Å². The minimum atomic E-state index is -0.754. The number of carboxylic acid groups (broad SMARTS) is 1. The molecular formula is C32H43NO4. The Labute approximate surface area is 221 Å². The molecule has 3 saturated carbocycles. The zero-order valence-electron chi connectivity index (χ0n) is 23.7. The van der Waals surface area contributed by atoms with Crippen molar-refractivity contribution in [2.75, 3.05) is 0 Å². The van der Waals surface area contributed by atoms with Gasteiger partial charge in [-0.2, -0.15) is 5.26 Å². The number of carbonyl (C=O) groups is 3. The number of hydrogen-bond donors (Lipinski definition) is 1. The highest BCUT2D eigenvalue weighted by Crippen LogP contribution is 2.74. The Morgan fingerprint density at radius 3 is 2.30 bits per heavy atom. The molecule has 0 radical (unpaired) electrons. The SMILES string of the molecule is CC1(C)CC[C@]2(CC(=O)O)CC[C@]3(C)C(C(=O)C=C4[C@@]5(C)C=C(C#N)C(=O)C(C)(C)[C@@H]5CC[C@]43C)[C@H]2C1. The van der Waals surface area contributed by atoms with Crippen molar-refractivity contribution >= 4 is 17.5 Å². The van der Waals surface area contributed by atoms with Crippen LogP contribution in [0.1, 0.15) is 99.8 Å². The molecule has 1 N–H and O–H groups in total. The Morgan fingerprint density at radius 1 is 1.03 bits per heavy atom. The average Bonchev–Trinajstić information content (AvgIpc) is 2.78. The molecule has 5 heteroatoms. The van der Waals surface area contributed by atoms with Gasteiger partial charge < -0.3 is 5.11 Å². The highest BCUT2D eigenvalue weighted by Gasteiger charge is 2.69. The maximum absolute atomic E-state index is 14.3. The monoisotopic (exact) mass is 505 g/mol. The number of fused-ring (bicyclic) bond motifs is 7. The van der Waals surface area contributed by atoms with Crippen molar-refractivity contribution in [2.24, 2.45) is 50.2 Å². The first-order valence-electron chi connectivity index (χ1n) is 14.1. The van der Waals surface area contributed by atoms with Crippen molar-refractivity contribution in [1.29, 1.82) is 5.26 Å². The fourth-order valence-corrected chi connectivity index (χ4v) is 10.3. The molecule has 0 aromatic carbocycles. The van der Waals surface area contributed by atoms with Crippen LogP contribution in [0, 0.1) is 61.6 Å². The van der Waals surface area contributed by atoms with E-state index >= 15 is 0 Å². The zero-order valence-corrected chi connectivity index (χ0v) is 23.7. The summed E-state index contributed by atoms with van der Waals surface area (Å²) in [5.41, 5.74) is -0.708. The van der Waals surface area contributed by atoms with E-state index < -0.39 is 16.8 Å². The number of carbonyl (C=O) groups excluding carboxylic acids is 2. The molecule has 1 unspecified atom stereocenters. The van der Waals surface area contributed by atoms with E-state index in [1.165, 1.54) is 0 Å². The average molecular weight is 506 g/mol. The highest BCUT2D eigenvalue weighted by atomic mass is 16.4. The first kappa shape index (κ1) is 26.4. The number of nitrogens with zero attached hydrogens (tertiary/aromatic N) is 1. The van der Waals surface area contributed by atoms with Crippen molar-refractivity contribution in [3.63, 3.8) is 0 Å². The van der Waals surface area contributed by atoms with Gasteiger partial charge >= 0.3 is 5.97 Å². The summed E-state index contributed by atoms with van der Waals surface area (Å²) >= 11 is 0. The van der Waals surface area contributed by atoms with Gasteiger partial charge in [-0.3, -0.25) is 14.4 Å². The Kier molecular flexibility index (Phi) is 5.47. The molecule has 5 rings (SSSR count). The summed E-state index contributed by atoms with van der Waals surface area (Å²) in [6, 6.07) is 2.17. The lowest BCUT2D eigenvalue weighted by Gasteiger charge is -2.69. The third kappa shape index (κ3) is 3.29. The smallest absolute Gasteiger partial charge is 0.303 e. The quantitative estimate of drug-likeness (QED) is 0.451. The fraction of sp³-hybridized carbons (Fsp3) is 0.750. The number of carboxylic acids is 1. The van der Waals surface area contributed by atoms with E-state index in [1.807, 2.05) is 26.0 Å². The van der Waals surface area contributed by atoms with Crippen molar-refractivity contribution in [3.05, 3.63) is 23.3 Å². The molecule has 200 valence electrons. The summed E-state index contributed by atoms with van der Waals surface area (Å²) in [5, 5.41) is 19.8. The van der Waals surface area contributed by atoms with E-state index in [9.17, 15) is 24.8 Å². The normalized spacial score (nSPS) is 45.7. The van der Waals surface area contributed by atoms with Crippen LogP contribution in [0.5, 0.6) is 0 Å². The maximum atomic E-state index is 14.3. The molecule has 0 spiro atoms. The number of rotatable bonds is 2. The third-order valence-corrected chi connectivity index (χ3v) is 12.5. The van der Waals surface area contributed by atoms with Crippen LogP contribution in [0.25, 0.3) is 0 Å². The molecule has 0 aromatic heterocycles. The summed E-state index contributed by atoms with van der Waals surface area (Å²) < 4.78 is 0. The van der Waals surface area contributed by atoms with Gasteiger partial charge in [-0.15, -0.1) is 0 Å². The Hall–Kier alpha value is -2.22. The van der Waals surface area contributed by atoms with Crippen LogP contribution in [0.15, 0.2) is 23.3 Å². The second kappa shape index (κ2) is 7.67. The molecule has 0 bridgehead atoms. The van der Waals surface area contributed by atoms with Gasteiger partial charge in [0.05, 0.1) is 12.0 Å². The summed E-state index contributed by atoms with van der Waals surface area (Å²) in [6.07, 6.45) is 10.1. The Bertz CT molecular complexity index is 1200. The minimum absolute atomic E-state index is 0.0279. The van der Waals surface area contributed by atoms with E-state index in [4.69, 9.17) is 0 Å². The highest BCUT2D eigenvalue weighted by molar-refractivity contribution is 6.04. The standard InChI is InChI=1S/C32H43NO4/c1-27(2)10-12-32(17-24(35)36)13-11-31(7)25(20(32)16-27)21(34)14-23-29(5)15-19(18-33)26(37)28(3,4)22(29)8-9-30(23,31)6/h14-15,20,22,25H,8-13,16-17H2,1-7H3,(H,35,36)/t20-,22+,25?,29+,30-,31-,32-/m1/s1. The number of ketones is 2. The lowest BCUT2D eigenvalue weighted by Crippen LogP contribution is -2.65. The molecule has 0 aromatic rings. The van der Waals surface area contributed by atoms with Gasteiger partial charge in [0, 0.05) is 16.7 Å². The first-order chi connectivity index (χ1) is 17.0. The second-order valence-electron chi connectivity index (χ2n) is 15.2. The van der Waals surface area contributed by atoms with E-state index in [0.717, 1.165) is 50.5 Å². The number of nitriles is 1. The van der Waals surface area contributed by atoms with Crippen molar-refractivity contribution in [3.8, 4) is 6.07 Å². The van der Waals surface area contributed by atoms with Crippen molar-refractivity contribution in [2.45, 2.75) is 99.8 Å². The number of Topliss-reactive ketones (excluding diaryl/α,β-unsaturated/α-hetero) is 1. The molecule has 0 aliphatic heterocycles. The second-order valence-corrected chi connectivity index (χ2v) is 15.2. The van der Waals surface area contributed by atoms with Crippen LogP contribution in [0.2, 0.25) is 0 Å². The van der Waals surface area contributed by atoms with Gasteiger partial charge in [-0.1, -0.05) is 60.1 Å². The molecular weight excluding hydrogens is 462 g/mol. The molecule has 0 heterocycles. The van der Waals surface area contributed by atoms with Crippen LogP contribution < -0.4 is 0 Å². The van der Waals surface area contributed by atoms with Gasteiger partial charge in [0.1, 0.15) is 6.07 Å². The van der Waals surface area contributed by atoms with E-state index in [0.29, 0.717) is 0 Å². The summed E-state index contributed by atoms with van der Waals surface area (Å²) in [6.45, 7) is 15.2. The van der Waals surface area contributed by atoms with Crippen molar-refractivity contribution in [1.82, 2.24) is 0 Å². The zero-order chi connectivity index (χ0) is 27.4. The van der Waals surface area contributed by atoms with E-state index in [1.54, 1.807) is 0 Å². The lowest BCUT2D eigenvalue weighted by molar-refractivity contribution is -0.177. The minimum Gasteiger partial charge on any atom is -0.481 e. The summed E-state index contributed by atoms with van der Waals surface area (Å²) in [4.78, 5) is 39.6. The molecule has 0 amide bonds. The first-order valence-corrected chi connectivity index (χ1v) is 14.1. The predicted octanol–water partition coefficient (Wildman–Crippen LogP) is 6.68. The Balaban J connectivity index is 1.69. The number of aliphatic carboxylic acids is 1. The molecule has 5 aliphatic carbocycles. The maximum Gasteiger partial charge on any atom is 0.303 e. The molecule has 0 saturated heterocycles. The van der Waals surface area contributed by atoms with Crippen LogP contribution in [-0.2, 0) is 14.4 Å². The number of hydrogen-bond acceptors (Lipinski definition) is 4. The Morgan fingerprint density at radius 2 is 1.68 bits per heavy atom.